The molecular formula is C24H30N2O6S. The average Bonchev–Trinajstić information content (AvgIpc) is 3.14. The molecular weight excluding hydrogens is 444 g/mol. The summed E-state index contributed by atoms with van der Waals surface area (Å²) in [6.45, 7) is 2.98. The van der Waals surface area contributed by atoms with E-state index in [0.29, 0.717) is 40.1 Å². The Labute approximate surface area is 197 Å². The lowest BCUT2D eigenvalue weighted by Gasteiger charge is -2.33. The molecule has 1 aromatic carbocycles. The predicted octanol–water partition coefficient (Wildman–Crippen LogP) is 3.16. The van der Waals surface area contributed by atoms with Crippen molar-refractivity contribution in [2.24, 2.45) is 5.92 Å². The number of ether oxygens (including phenoxy) is 3. The van der Waals surface area contributed by atoms with Gasteiger partial charge in [0, 0.05) is 29.1 Å². The fraction of sp³-hybridized carbons (Fsp3) is 0.500. The van der Waals surface area contributed by atoms with Gasteiger partial charge in [-0.3, -0.25) is 9.69 Å². The summed E-state index contributed by atoms with van der Waals surface area (Å²) in [6, 6.07) is 3.57. The lowest BCUT2D eigenvalue weighted by molar-refractivity contribution is -0.117. The van der Waals surface area contributed by atoms with Crippen LogP contribution < -0.4 is 14.8 Å². The van der Waals surface area contributed by atoms with E-state index < -0.39 is 12.1 Å². The second-order valence-corrected chi connectivity index (χ2v) is 9.75. The zero-order chi connectivity index (χ0) is 23.7. The van der Waals surface area contributed by atoms with Crippen molar-refractivity contribution in [2.45, 2.75) is 38.8 Å². The first kappa shape index (κ1) is 23.5. The Morgan fingerprint density at radius 3 is 2.61 bits per heavy atom. The third-order valence-corrected chi connectivity index (χ3v) is 7.55. The highest BCUT2D eigenvalue weighted by Crippen LogP contribution is 2.41. The molecule has 0 spiro atoms. The second-order valence-electron chi connectivity index (χ2n) is 8.64. The van der Waals surface area contributed by atoms with Crippen molar-refractivity contribution in [3.63, 3.8) is 0 Å². The largest absolute Gasteiger partial charge is 0.496 e. The van der Waals surface area contributed by atoms with Gasteiger partial charge in [-0.25, -0.2) is 4.79 Å². The molecule has 0 radical (unpaired) electrons. The quantitative estimate of drug-likeness (QED) is 0.621. The van der Waals surface area contributed by atoms with E-state index in [1.165, 1.54) is 18.4 Å². The van der Waals surface area contributed by atoms with Gasteiger partial charge >= 0.3 is 5.97 Å². The van der Waals surface area contributed by atoms with Crippen molar-refractivity contribution >= 4 is 28.2 Å². The number of fused-ring (bicyclic) bond motifs is 2. The van der Waals surface area contributed by atoms with Crippen LogP contribution >= 0.6 is 11.3 Å². The number of β-amino-alcohol motifs (C(OH)–C–C–N with tert-alkyl or cyclic N) is 1. The summed E-state index contributed by atoms with van der Waals surface area (Å²) in [7, 11) is 4.50. The molecule has 1 amide bonds. The molecule has 0 saturated heterocycles. The SMILES string of the molecule is COC(=O)c1c(NC(=O)CN2Cc3c(OC)ccc(OC)c3[C@@H](O)C2)sc2c1CC[C@H](C)C2. The number of nitrogens with one attached hydrogen (secondary N) is 1. The molecule has 2 heterocycles. The number of esters is 1. The lowest BCUT2D eigenvalue weighted by Crippen LogP contribution is -2.39. The Kier molecular flexibility index (Phi) is 6.92. The zero-order valence-electron chi connectivity index (χ0n) is 19.4. The fourth-order valence-corrected chi connectivity index (χ4v) is 6.21. The topological polar surface area (TPSA) is 97.3 Å². The third kappa shape index (κ3) is 4.58. The van der Waals surface area contributed by atoms with E-state index in [-0.39, 0.29) is 19.0 Å². The molecule has 33 heavy (non-hydrogen) atoms. The second kappa shape index (κ2) is 9.70. The average molecular weight is 475 g/mol. The fourth-order valence-electron chi connectivity index (χ4n) is 4.79. The summed E-state index contributed by atoms with van der Waals surface area (Å²) in [5.41, 5.74) is 2.98. The Balaban J connectivity index is 1.53. The summed E-state index contributed by atoms with van der Waals surface area (Å²) in [6.07, 6.45) is 1.91. The summed E-state index contributed by atoms with van der Waals surface area (Å²) in [5, 5.41) is 14.3. The summed E-state index contributed by atoms with van der Waals surface area (Å²) >= 11 is 1.46. The van der Waals surface area contributed by atoms with Crippen molar-refractivity contribution in [1.29, 1.82) is 0 Å². The summed E-state index contributed by atoms with van der Waals surface area (Å²) in [4.78, 5) is 28.5. The van der Waals surface area contributed by atoms with E-state index in [0.717, 1.165) is 35.3 Å². The summed E-state index contributed by atoms with van der Waals surface area (Å²) < 4.78 is 15.9. The molecule has 0 saturated carbocycles. The van der Waals surface area contributed by atoms with Crippen molar-refractivity contribution in [3.05, 3.63) is 39.3 Å². The minimum Gasteiger partial charge on any atom is -0.496 e. The number of thiophene rings is 1. The number of carbonyl (C=O) groups excluding carboxylic acids is 2. The number of anilines is 1. The number of aliphatic hydroxyl groups is 1. The molecule has 2 N–H and O–H groups in total. The van der Waals surface area contributed by atoms with Gasteiger partial charge in [-0.15, -0.1) is 11.3 Å². The molecule has 0 unspecified atom stereocenters. The van der Waals surface area contributed by atoms with Crippen LogP contribution in [0, 0.1) is 5.92 Å². The highest BCUT2D eigenvalue weighted by Gasteiger charge is 2.32. The van der Waals surface area contributed by atoms with Gasteiger partial charge in [-0.2, -0.15) is 0 Å². The monoisotopic (exact) mass is 474 g/mol. The van der Waals surface area contributed by atoms with Gasteiger partial charge in [-0.1, -0.05) is 6.92 Å². The molecule has 1 aliphatic heterocycles. The molecule has 178 valence electrons. The highest BCUT2D eigenvalue weighted by atomic mass is 32.1. The number of carbonyl (C=O) groups is 2. The Morgan fingerprint density at radius 2 is 1.91 bits per heavy atom. The van der Waals surface area contributed by atoms with Gasteiger partial charge in [0.15, 0.2) is 0 Å². The Bertz CT molecular complexity index is 1070. The van der Waals surface area contributed by atoms with Crippen molar-refractivity contribution in [3.8, 4) is 11.5 Å². The third-order valence-electron chi connectivity index (χ3n) is 6.38. The molecule has 1 aromatic heterocycles. The maximum Gasteiger partial charge on any atom is 0.341 e. The number of rotatable bonds is 6. The van der Waals surface area contributed by atoms with Crippen LogP contribution in [0.25, 0.3) is 0 Å². The first-order valence-electron chi connectivity index (χ1n) is 11.0. The molecule has 0 bridgehead atoms. The van der Waals surface area contributed by atoms with Crippen molar-refractivity contribution < 1.29 is 28.9 Å². The number of methoxy groups -OCH3 is 3. The van der Waals surface area contributed by atoms with Crippen LogP contribution in [0.4, 0.5) is 5.00 Å². The van der Waals surface area contributed by atoms with Gasteiger partial charge < -0.3 is 24.6 Å². The number of hydrogen-bond acceptors (Lipinski definition) is 8. The van der Waals surface area contributed by atoms with Crippen LogP contribution in [0.5, 0.6) is 11.5 Å². The van der Waals surface area contributed by atoms with E-state index in [1.54, 1.807) is 26.4 Å². The van der Waals surface area contributed by atoms with Crippen molar-refractivity contribution in [1.82, 2.24) is 4.90 Å². The number of hydrogen-bond donors (Lipinski definition) is 2. The van der Waals surface area contributed by atoms with Gasteiger partial charge in [0.1, 0.15) is 16.5 Å². The van der Waals surface area contributed by atoms with Crippen LogP contribution in [0.2, 0.25) is 0 Å². The number of benzene rings is 1. The maximum atomic E-state index is 13.0. The molecule has 2 atom stereocenters. The van der Waals surface area contributed by atoms with Gasteiger partial charge in [0.05, 0.1) is 39.5 Å². The molecule has 0 fully saturated rings. The first-order valence-corrected chi connectivity index (χ1v) is 11.8. The first-order chi connectivity index (χ1) is 15.9. The highest BCUT2D eigenvalue weighted by molar-refractivity contribution is 7.17. The predicted molar refractivity (Wildman–Crippen MR) is 125 cm³/mol. The maximum absolute atomic E-state index is 13.0. The van der Waals surface area contributed by atoms with Crippen LogP contribution in [-0.4, -0.2) is 56.3 Å². The molecule has 1 aliphatic carbocycles. The standard InChI is InChI=1S/C24H30N2O6S/c1-13-5-6-14-19(9-13)33-23(22(14)24(29)32-4)25-20(28)12-26-10-15-17(30-2)7-8-18(31-3)21(15)16(27)11-26/h7-8,13,16,27H,5-6,9-12H2,1-4H3,(H,25,28)/t13-,16-/m0/s1. The zero-order valence-corrected chi connectivity index (χ0v) is 20.2. The van der Waals surface area contributed by atoms with Crippen LogP contribution in [0.15, 0.2) is 12.1 Å². The van der Waals surface area contributed by atoms with Crippen LogP contribution in [0.1, 0.15) is 51.4 Å². The summed E-state index contributed by atoms with van der Waals surface area (Å²) in [5.74, 6) is 1.12. The molecule has 2 aromatic rings. The molecule has 9 heteroatoms. The number of nitrogens with zero attached hydrogens (tertiary/aromatic N) is 1. The van der Waals surface area contributed by atoms with E-state index >= 15 is 0 Å². The molecule has 8 nitrogen and oxygen atoms in total. The number of aliphatic hydroxyl groups excluding tert-OH is 1. The van der Waals surface area contributed by atoms with Gasteiger partial charge in [0.25, 0.3) is 0 Å². The van der Waals surface area contributed by atoms with E-state index in [4.69, 9.17) is 14.2 Å². The van der Waals surface area contributed by atoms with E-state index in [9.17, 15) is 14.7 Å². The lowest BCUT2D eigenvalue weighted by atomic mass is 9.88. The van der Waals surface area contributed by atoms with E-state index in [2.05, 4.69) is 12.2 Å². The number of amides is 1. The minimum atomic E-state index is -0.812. The smallest absolute Gasteiger partial charge is 0.341 e. The molecule has 4 rings (SSSR count). The Hall–Kier alpha value is -2.62. The molecule has 2 aliphatic rings. The van der Waals surface area contributed by atoms with Crippen LogP contribution in [0.3, 0.4) is 0 Å². The van der Waals surface area contributed by atoms with Gasteiger partial charge in [-0.05, 0) is 42.9 Å². The van der Waals surface area contributed by atoms with Gasteiger partial charge in [0.2, 0.25) is 5.91 Å². The van der Waals surface area contributed by atoms with Crippen molar-refractivity contribution in [2.75, 3.05) is 39.7 Å². The van der Waals surface area contributed by atoms with Crippen LogP contribution in [-0.2, 0) is 28.9 Å². The normalized spacial score (nSPS) is 19.9. The Morgan fingerprint density at radius 1 is 1.18 bits per heavy atom. The van der Waals surface area contributed by atoms with E-state index in [1.807, 2.05) is 4.90 Å². The minimum absolute atomic E-state index is 0.0659.